The number of carbonyl (C=O) groups excluding carboxylic acids is 3. The van der Waals surface area contributed by atoms with Crippen LogP contribution in [0.25, 0.3) is 0 Å². The Labute approximate surface area is 166 Å². The minimum Gasteiger partial charge on any atom is -0.507 e. The third kappa shape index (κ3) is 2.71. The summed E-state index contributed by atoms with van der Waals surface area (Å²) in [5.74, 6) is -3.51. The Hall–Kier alpha value is -4.72. The average molecular weight is 407 g/mol. The predicted octanol–water partition coefficient (Wildman–Crippen LogP) is 0.723. The number of ketones is 2. The molecule has 0 fully saturated rings. The van der Waals surface area contributed by atoms with E-state index < -0.39 is 41.3 Å². The molecule has 0 bridgehead atoms. The zero-order chi connectivity index (χ0) is 21.6. The van der Waals surface area contributed by atoms with Gasteiger partial charge in [0.05, 0.1) is 16.7 Å². The molecule has 2 aromatic carbocycles. The minimum atomic E-state index is -1.01. The Morgan fingerprint density at radius 1 is 1.17 bits per heavy atom. The van der Waals surface area contributed by atoms with E-state index in [0.717, 1.165) is 12.1 Å². The molecule has 0 saturated carbocycles. The van der Waals surface area contributed by atoms with Crippen LogP contribution in [-0.2, 0) is 11.3 Å². The number of benzene rings is 2. The summed E-state index contributed by atoms with van der Waals surface area (Å²) in [6.45, 7) is -0.581. The summed E-state index contributed by atoms with van der Waals surface area (Å²) in [5, 5.41) is 43.6. The summed E-state index contributed by atoms with van der Waals surface area (Å²) in [4.78, 5) is 37.7. The van der Waals surface area contributed by atoms with Gasteiger partial charge in [-0.1, -0.05) is 12.1 Å². The van der Waals surface area contributed by atoms with Crippen molar-refractivity contribution in [3.63, 3.8) is 0 Å². The van der Waals surface area contributed by atoms with Gasteiger partial charge >= 0.3 is 11.7 Å². The number of phenolic OH excluding ortho intramolecular Hbond substituents is 2. The van der Waals surface area contributed by atoms with Crippen molar-refractivity contribution in [1.29, 1.82) is 5.26 Å². The number of hydrogen-bond acceptors (Lipinski definition) is 10. The largest absolute Gasteiger partial charge is 0.507 e. The van der Waals surface area contributed by atoms with Crippen LogP contribution in [0.3, 0.4) is 0 Å². The van der Waals surface area contributed by atoms with Gasteiger partial charge in [-0.05, 0) is 23.1 Å². The standard InChI is InChI=1S/C19H9N3O8/c20-6-12-11(21-30-22(12)28)7-29-19(27)8-4-10-16(14(24)5-8)18(26)15-9(17(10)25)2-1-3-13(15)23/h1-5,23-24H,7H2. The second kappa shape index (κ2) is 6.71. The molecule has 11 nitrogen and oxygen atoms in total. The molecule has 0 radical (unpaired) electrons. The van der Waals surface area contributed by atoms with Gasteiger partial charge in [0.15, 0.2) is 18.5 Å². The minimum absolute atomic E-state index is 0.0707. The lowest BCUT2D eigenvalue weighted by atomic mass is 9.82. The molecule has 3 aromatic rings. The van der Waals surface area contributed by atoms with Gasteiger partial charge in [0.25, 0.3) is 5.69 Å². The van der Waals surface area contributed by atoms with Crippen molar-refractivity contribution in [1.82, 2.24) is 5.16 Å². The van der Waals surface area contributed by atoms with E-state index in [0.29, 0.717) is 0 Å². The number of hydrogen-bond donors (Lipinski definition) is 2. The molecule has 30 heavy (non-hydrogen) atoms. The maximum atomic E-state index is 12.8. The number of rotatable bonds is 3. The number of aromatic hydroxyl groups is 2. The van der Waals surface area contributed by atoms with Crippen molar-refractivity contribution in [2.45, 2.75) is 6.61 Å². The summed E-state index contributed by atoms with van der Waals surface area (Å²) >= 11 is 0. The van der Waals surface area contributed by atoms with Crippen LogP contribution in [0, 0.1) is 16.5 Å². The SMILES string of the molecule is N#Cc1c(COC(=O)c2cc(O)c3c(c2)C(=O)c2cccc(O)c2C3=O)no[n+]1[O-]. The molecule has 0 spiro atoms. The Balaban J connectivity index is 1.68. The number of fused-ring (bicyclic) bond motifs is 2. The lowest BCUT2D eigenvalue weighted by molar-refractivity contribution is -0.804. The second-order valence-corrected chi connectivity index (χ2v) is 6.19. The van der Waals surface area contributed by atoms with E-state index in [1.807, 2.05) is 0 Å². The van der Waals surface area contributed by atoms with Crippen molar-refractivity contribution in [2.24, 2.45) is 0 Å². The highest BCUT2D eigenvalue weighted by atomic mass is 16.8. The monoisotopic (exact) mass is 407 g/mol. The molecule has 1 aliphatic carbocycles. The Kier molecular flexibility index (Phi) is 4.17. The zero-order valence-electron chi connectivity index (χ0n) is 14.8. The molecule has 4 rings (SSSR count). The van der Waals surface area contributed by atoms with E-state index >= 15 is 0 Å². The second-order valence-electron chi connectivity index (χ2n) is 6.19. The van der Waals surface area contributed by atoms with E-state index in [-0.39, 0.29) is 38.4 Å². The summed E-state index contributed by atoms with van der Waals surface area (Å²) in [7, 11) is 0. The van der Waals surface area contributed by atoms with Crippen LogP contribution in [0.2, 0.25) is 0 Å². The van der Waals surface area contributed by atoms with E-state index in [4.69, 9.17) is 10.00 Å². The lowest BCUT2D eigenvalue weighted by Crippen LogP contribution is -2.27. The molecule has 1 aliphatic rings. The van der Waals surface area contributed by atoms with Gasteiger partial charge in [0.2, 0.25) is 5.78 Å². The first-order chi connectivity index (χ1) is 14.3. The number of nitriles is 1. The predicted molar refractivity (Wildman–Crippen MR) is 92.4 cm³/mol. The maximum Gasteiger partial charge on any atom is 0.338 e. The van der Waals surface area contributed by atoms with Crippen molar-refractivity contribution in [2.75, 3.05) is 0 Å². The van der Waals surface area contributed by atoms with Gasteiger partial charge < -0.3 is 20.2 Å². The van der Waals surface area contributed by atoms with Crippen LogP contribution in [-0.4, -0.2) is 32.9 Å². The number of carbonyl (C=O) groups is 3. The summed E-state index contributed by atoms with van der Waals surface area (Å²) < 4.78 is 9.20. The molecule has 0 unspecified atom stereocenters. The van der Waals surface area contributed by atoms with Gasteiger partial charge in [-0.3, -0.25) is 14.2 Å². The van der Waals surface area contributed by atoms with Crippen LogP contribution in [0.1, 0.15) is 53.6 Å². The normalized spacial score (nSPS) is 12.1. The van der Waals surface area contributed by atoms with E-state index in [1.54, 1.807) is 6.07 Å². The van der Waals surface area contributed by atoms with Crippen LogP contribution < -0.4 is 4.90 Å². The molecule has 0 saturated heterocycles. The highest BCUT2D eigenvalue weighted by Gasteiger charge is 2.35. The van der Waals surface area contributed by atoms with Crippen molar-refractivity contribution in [3.8, 4) is 17.6 Å². The molecule has 2 N–H and O–H groups in total. The van der Waals surface area contributed by atoms with Crippen LogP contribution in [0.5, 0.6) is 11.5 Å². The average Bonchev–Trinajstić information content (AvgIpc) is 3.08. The first kappa shape index (κ1) is 18.6. The number of esters is 1. The third-order valence-corrected chi connectivity index (χ3v) is 4.47. The van der Waals surface area contributed by atoms with E-state index in [1.165, 1.54) is 18.2 Å². The first-order valence-electron chi connectivity index (χ1n) is 8.27. The van der Waals surface area contributed by atoms with Gasteiger partial charge in [-0.2, -0.15) is 5.26 Å². The summed E-state index contributed by atoms with van der Waals surface area (Å²) in [6.07, 6.45) is 0. The summed E-state index contributed by atoms with van der Waals surface area (Å²) in [5.41, 5.74) is -1.86. The van der Waals surface area contributed by atoms with Crippen molar-refractivity contribution >= 4 is 17.5 Å². The third-order valence-electron chi connectivity index (χ3n) is 4.47. The fourth-order valence-electron chi connectivity index (χ4n) is 3.09. The van der Waals surface area contributed by atoms with Gasteiger partial charge in [-0.15, -0.1) is 0 Å². The van der Waals surface area contributed by atoms with E-state index in [2.05, 4.69) is 9.79 Å². The van der Waals surface area contributed by atoms with Gasteiger partial charge in [-0.25, -0.2) is 4.79 Å². The molecular formula is C19H9N3O8. The fraction of sp³-hybridized carbons (Fsp3) is 0.0526. The molecule has 0 aliphatic heterocycles. The smallest absolute Gasteiger partial charge is 0.338 e. The molecule has 0 amide bonds. The Bertz CT molecular complexity index is 1300. The number of ether oxygens (including phenoxy) is 1. The molecule has 148 valence electrons. The molecular weight excluding hydrogens is 398 g/mol. The maximum absolute atomic E-state index is 12.8. The van der Waals surface area contributed by atoms with E-state index in [9.17, 15) is 29.8 Å². The lowest BCUT2D eigenvalue weighted by Gasteiger charge is -2.19. The molecule has 0 atom stereocenters. The highest BCUT2D eigenvalue weighted by Crippen LogP contribution is 2.37. The zero-order valence-corrected chi connectivity index (χ0v) is 14.8. The molecule has 11 heteroatoms. The number of nitrogens with zero attached hydrogens (tertiary/aromatic N) is 3. The first-order valence-corrected chi connectivity index (χ1v) is 8.27. The van der Waals surface area contributed by atoms with Crippen molar-refractivity contribution in [3.05, 3.63) is 74.7 Å². The quantitative estimate of drug-likeness (QED) is 0.363. The Morgan fingerprint density at radius 3 is 2.63 bits per heavy atom. The highest BCUT2D eigenvalue weighted by molar-refractivity contribution is 6.30. The van der Waals surface area contributed by atoms with Gasteiger partial charge in [0.1, 0.15) is 11.5 Å². The fourth-order valence-corrected chi connectivity index (χ4v) is 3.09. The topological polar surface area (TPSA) is 178 Å². The number of phenols is 2. The molecule has 1 heterocycles. The van der Waals surface area contributed by atoms with Gasteiger partial charge in [0, 0.05) is 16.3 Å². The molecule has 1 aromatic heterocycles. The van der Waals surface area contributed by atoms with Crippen molar-refractivity contribution < 1.29 is 38.9 Å². The number of aromatic nitrogens is 2. The van der Waals surface area contributed by atoms with Crippen LogP contribution in [0.15, 0.2) is 35.0 Å². The Morgan fingerprint density at radius 2 is 1.90 bits per heavy atom. The van der Waals surface area contributed by atoms with Crippen LogP contribution in [0.4, 0.5) is 0 Å². The summed E-state index contributed by atoms with van der Waals surface area (Å²) in [6, 6.07) is 7.51. The van der Waals surface area contributed by atoms with Crippen LogP contribution >= 0.6 is 0 Å².